The molecule has 0 aliphatic carbocycles. The van der Waals surface area contributed by atoms with Crippen LogP contribution in [0.2, 0.25) is 0 Å². The van der Waals surface area contributed by atoms with Crippen LogP contribution < -0.4 is 10.6 Å². The van der Waals surface area contributed by atoms with Crippen molar-refractivity contribution in [1.82, 2.24) is 5.32 Å². The van der Waals surface area contributed by atoms with Crippen LogP contribution in [-0.4, -0.2) is 18.4 Å². The maximum Gasteiger partial charge on any atom is 0.416 e. The van der Waals surface area contributed by atoms with Crippen LogP contribution in [0.25, 0.3) is 0 Å². The van der Waals surface area contributed by atoms with E-state index < -0.39 is 23.6 Å². The lowest BCUT2D eigenvalue weighted by atomic mass is 10.2. The molecule has 2 amide bonds. The largest absolute Gasteiger partial charge is 0.416 e. The molecule has 0 saturated carbocycles. The van der Waals surface area contributed by atoms with Gasteiger partial charge in [-0.3, -0.25) is 9.59 Å². The van der Waals surface area contributed by atoms with Crippen molar-refractivity contribution in [1.29, 1.82) is 0 Å². The molecule has 0 unspecified atom stereocenters. The van der Waals surface area contributed by atoms with Gasteiger partial charge in [0.2, 0.25) is 0 Å². The van der Waals surface area contributed by atoms with E-state index in [1.807, 2.05) is 6.92 Å². The Morgan fingerprint density at radius 2 is 1.89 bits per heavy atom. The number of carbonyl (C=O) groups excluding carboxylic acids is 2. The monoisotopic (exact) mass is 274 g/mol. The summed E-state index contributed by atoms with van der Waals surface area (Å²) in [4.78, 5) is 22.6. The van der Waals surface area contributed by atoms with E-state index in [0.29, 0.717) is 13.0 Å². The van der Waals surface area contributed by atoms with Crippen LogP contribution in [0.5, 0.6) is 0 Å². The summed E-state index contributed by atoms with van der Waals surface area (Å²) in [6.45, 7) is 2.14. The zero-order chi connectivity index (χ0) is 14.5. The smallest absolute Gasteiger partial charge is 0.348 e. The summed E-state index contributed by atoms with van der Waals surface area (Å²) in [5.41, 5.74) is -0.967. The van der Waals surface area contributed by atoms with Crippen LogP contribution in [0, 0.1) is 0 Å². The highest BCUT2D eigenvalue weighted by Crippen LogP contribution is 2.30. The van der Waals surface area contributed by atoms with Gasteiger partial charge in [-0.2, -0.15) is 13.2 Å². The number of halogens is 3. The minimum Gasteiger partial charge on any atom is -0.348 e. The molecule has 0 saturated heterocycles. The van der Waals surface area contributed by atoms with Crippen molar-refractivity contribution in [3.63, 3.8) is 0 Å². The number of anilines is 1. The average Bonchev–Trinajstić information content (AvgIpc) is 2.35. The molecule has 0 radical (unpaired) electrons. The number of amides is 2. The predicted octanol–water partition coefficient (Wildman–Crippen LogP) is 2.17. The van der Waals surface area contributed by atoms with Gasteiger partial charge >= 0.3 is 18.0 Å². The summed E-state index contributed by atoms with van der Waals surface area (Å²) in [6, 6.07) is 4.08. The van der Waals surface area contributed by atoms with Gasteiger partial charge in [-0.25, -0.2) is 0 Å². The molecule has 4 nitrogen and oxygen atoms in total. The van der Waals surface area contributed by atoms with E-state index in [9.17, 15) is 22.8 Å². The van der Waals surface area contributed by atoms with Crippen LogP contribution in [0.1, 0.15) is 18.9 Å². The van der Waals surface area contributed by atoms with Crippen molar-refractivity contribution in [3.8, 4) is 0 Å². The molecule has 0 heterocycles. The highest BCUT2D eigenvalue weighted by molar-refractivity contribution is 6.39. The normalized spacial score (nSPS) is 10.9. The highest BCUT2D eigenvalue weighted by atomic mass is 19.4. The third-order valence-electron chi connectivity index (χ3n) is 2.19. The SMILES string of the molecule is CCCNC(=O)C(=O)Nc1cccc(C(F)(F)F)c1. The van der Waals surface area contributed by atoms with Crippen LogP contribution in [-0.2, 0) is 15.8 Å². The van der Waals surface area contributed by atoms with Gasteiger partial charge in [0, 0.05) is 12.2 Å². The first kappa shape index (κ1) is 15.0. The highest BCUT2D eigenvalue weighted by Gasteiger charge is 2.30. The minimum atomic E-state index is -4.49. The Labute approximate surface area is 108 Å². The molecule has 104 valence electrons. The fourth-order valence-electron chi connectivity index (χ4n) is 1.28. The lowest BCUT2D eigenvalue weighted by Gasteiger charge is -2.09. The van der Waals surface area contributed by atoms with E-state index in [-0.39, 0.29) is 5.69 Å². The van der Waals surface area contributed by atoms with E-state index in [2.05, 4.69) is 10.6 Å². The number of rotatable bonds is 3. The van der Waals surface area contributed by atoms with Gasteiger partial charge in [0.1, 0.15) is 0 Å². The maximum absolute atomic E-state index is 12.4. The number of hydrogen-bond acceptors (Lipinski definition) is 2. The Bertz CT molecular complexity index is 472. The summed E-state index contributed by atoms with van der Waals surface area (Å²) in [5, 5.41) is 4.44. The van der Waals surface area contributed by atoms with Gasteiger partial charge < -0.3 is 10.6 Å². The first-order chi connectivity index (χ1) is 8.84. The second kappa shape index (κ2) is 6.21. The quantitative estimate of drug-likeness (QED) is 0.830. The van der Waals surface area contributed by atoms with Crippen molar-refractivity contribution in [2.24, 2.45) is 0 Å². The van der Waals surface area contributed by atoms with Gasteiger partial charge in [0.05, 0.1) is 5.56 Å². The zero-order valence-corrected chi connectivity index (χ0v) is 10.2. The summed E-state index contributed by atoms with van der Waals surface area (Å²) < 4.78 is 37.3. The van der Waals surface area contributed by atoms with Gasteiger partial charge in [-0.1, -0.05) is 13.0 Å². The summed E-state index contributed by atoms with van der Waals surface area (Å²) in [7, 11) is 0. The van der Waals surface area contributed by atoms with Crippen LogP contribution in [0.4, 0.5) is 18.9 Å². The molecule has 0 atom stereocenters. The first-order valence-electron chi connectivity index (χ1n) is 5.61. The Morgan fingerprint density at radius 3 is 2.47 bits per heavy atom. The molecule has 0 aliphatic heterocycles. The molecule has 0 fully saturated rings. The maximum atomic E-state index is 12.4. The standard InChI is InChI=1S/C12H13F3N2O2/c1-2-6-16-10(18)11(19)17-9-5-3-4-8(7-9)12(13,14)15/h3-5,7H,2,6H2,1H3,(H,16,18)(H,17,19). The lowest BCUT2D eigenvalue weighted by molar-refractivity contribution is -0.137. The topological polar surface area (TPSA) is 58.2 Å². The summed E-state index contributed by atoms with van der Waals surface area (Å²) >= 11 is 0. The lowest BCUT2D eigenvalue weighted by Crippen LogP contribution is -2.35. The second-order valence-electron chi connectivity index (χ2n) is 3.79. The summed E-state index contributed by atoms with van der Waals surface area (Å²) in [5.74, 6) is -1.87. The van der Waals surface area contributed by atoms with Gasteiger partial charge in [-0.15, -0.1) is 0 Å². The average molecular weight is 274 g/mol. The van der Waals surface area contributed by atoms with E-state index in [1.165, 1.54) is 6.07 Å². The third kappa shape index (κ3) is 4.61. The van der Waals surface area contributed by atoms with Crippen LogP contribution >= 0.6 is 0 Å². The van der Waals surface area contributed by atoms with Gasteiger partial charge in [-0.05, 0) is 24.6 Å². The van der Waals surface area contributed by atoms with Crippen LogP contribution in [0.3, 0.4) is 0 Å². The molecule has 19 heavy (non-hydrogen) atoms. The number of nitrogens with one attached hydrogen (secondary N) is 2. The molecule has 1 rings (SSSR count). The van der Waals surface area contributed by atoms with Gasteiger partial charge in [0.15, 0.2) is 0 Å². The van der Waals surface area contributed by atoms with Gasteiger partial charge in [0.25, 0.3) is 0 Å². The Morgan fingerprint density at radius 1 is 1.21 bits per heavy atom. The molecule has 0 aliphatic rings. The van der Waals surface area contributed by atoms with Crippen molar-refractivity contribution in [2.75, 3.05) is 11.9 Å². The Kier molecular flexibility index (Phi) is 4.91. The number of hydrogen-bond donors (Lipinski definition) is 2. The fourth-order valence-corrected chi connectivity index (χ4v) is 1.28. The van der Waals surface area contributed by atoms with Crippen LogP contribution in [0.15, 0.2) is 24.3 Å². The Balaban J connectivity index is 2.72. The fraction of sp³-hybridized carbons (Fsp3) is 0.333. The number of carbonyl (C=O) groups is 2. The second-order valence-corrected chi connectivity index (χ2v) is 3.79. The molecule has 0 spiro atoms. The first-order valence-corrected chi connectivity index (χ1v) is 5.61. The molecule has 0 bridgehead atoms. The predicted molar refractivity (Wildman–Crippen MR) is 63.4 cm³/mol. The molecular formula is C12H13F3N2O2. The molecule has 0 aromatic heterocycles. The van der Waals surface area contributed by atoms with E-state index in [0.717, 1.165) is 18.2 Å². The Hall–Kier alpha value is -2.05. The van der Waals surface area contributed by atoms with E-state index in [4.69, 9.17) is 0 Å². The number of benzene rings is 1. The zero-order valence-electron chi connectivity index (χ0n) is 10.2. The summed E-state index contributed by atoms with van der Waals surface area (Å²) in [6.07, 6.45) is -3.84. The molecule has 1 aromatic rings. The third-order valence-corrected chi connectivity index (χ3v) is 2.19. The molecule has 1 aromatic carbocycles. The van der Waals surface area contributed by atoms with E-state index in [1.54, 1.807) is 0 Å². The molecule has 7 heteroatoms. The van der Waals surface area contributed by atoms with Crippen molar-refractivity contribution in [3.05, 3.63) is 29.8 Å². The van der Waals surface area contributed by atoms with E-state index >= 15 is 0 Å². The van der Waals surface area contributed by atoms with Crippen molar-refractivity contribution < 1.29 is 22.8 Å². The molecule has 2 N–H and O–H groups in total. The minimum absolute atomic E-state index is 0.0773. The van der Waals surface area contributed by atoms with Crippen molar-refractivity contribution >= 4 is 17.5 Å². The number of alkyl halides is 3. The molecular weight excluding hydrogens is 261 g/mol. The van der Waals surface area contributed by atoms with Crippen molar-refractivity contribution in [2.45, 2.75) is 19.5 Å².